The van der Waals surface area contributed by atoms with Crippen LogP contribution >= 0.6 is 0 Å². The average Bonchev–Trinajstić information content (AvgIpc) is 2.87. The number of para-hydroxylation sites is 1. The molecule has 1 amide bonds. The van der Waals surface area contributed by atoms with Crippen molar-refractivity contribution in [2.75, 3.05) is 13.7 Å². The summed E-state index contributed by atoms with van der Waals surface area (Å²) in [6, 6.07) is 7.09. The Bertz CT molecular complexity index is 621. The molecule has 0 aliphatic rings. The number of aromatic amines is 1. The Morgan fingerprint density at radius 1 is 1.40 bits per heavy atom. The maximum Gasteiger partial charge on any atom is 0.325 e. The van der Waals surface area contributed by atoms with Gasteiger partial charge in [0.15, 0.2) is 0 Å². The fourth-order valence-corrected chi connectivity index (χ4v) is 1.99. The molecule has 106 valence electrons. The summed E-state index contributed by atoms with van der Waals surface area (Å²) < 4.78 is 4.44. The van der Waals surface area contributed by atoms with Crippen LogP contribution < -0.4 is 11.1 Å². The van der Waals surface area contributed by atoms with Gasteiger partial charge >= 0.3 is 5.97 Å². The fourth-order valence-electron chi connectivity index (χ4n) is 1.99. The summed E-state index contributed by atoms with van der Waals surface area (Å²) in [5.74, 6) is -0.877. The maximum atomic E-state index is 11.8. The number of methoxy groups -OCH3 is 1. The number of ether oxygens (including phenoxy) is 1. The fraction of sp³-hybridized carbons (Fsp3) is 0.286. The second-order valence-corrected chi connectivity index (χ2v) is 4.46. The van der Waals surface area contributed by atoms with Crippen molar-refractivity contribution in [2.45, 2.75) is 12.5 Å². The predicted octanol–water partition coefficient (Wildman–Crippen LogP) is 0.327. The number of benzene rings is 1. The van der Waals surface area contributed by atoms with Crippen molar-refractivity contribution in [2.24, 2.45) is 5.73 Å². The first-order valence-corrected chi connectivity index (χ1v) is 6.27. The molecule has 1 aromatic heterocycles. The van der Waals surface area contributed by atoms with E-state index in [1.807, 2.05) is 30.5 Å². The zero-order chi connectivity index (χ0) is 14.5. The zero-order valence-corrected chi connectivity index (χ0v) is 11.2. The number of carbonyl (C=O) groups excluding carboxylic acids is 2. The Balaban J connectivity index is 1.98. The summed E-state index contributed by atoms with van der Waals surface area (Å²) in [7, 11) is 1.26. The number of hydrogen-bond donors (Lipinski definition) is 3. The summed E-state index contributed by atoms with van der Waals surface area (Å²) in [4.78, 5) is 25.8. The molecule has 6 nitrogen and oxygen atoms in total. The van der Waals surface area contributed by atoms with Gasteiger partial charge in [-0.2, -0.15) is 0 Å². The number of rotatable bonds is 5. The first-order chi connectivity index (χ1) is 9.61. The third-order valence-electron chi connectivity index (χ3n) is 3.09. The van der Waals surface area contributed by atoms with Crippen LogP contribution in [0.5, 0.6) is 0 Å². The van der Waals surface area contributed by atoms with Gasteiger partial charge in [0.25, 0.3) is 0 Å². The standard InChI is InChI=1S/C14H17N3O3/c1-20-13(18)8-17-14(19)11(15)6-9-7-16-12-5-3-2-4-10(9)12/h2-5,7,11,16H,6,8,15H2,1H3,(H,17,19)/t11-/m1/s1. The Hall–Kier alpha value is -2.34. The van der Waals surface area contributed by atoms with Gasteiger partial charge in [0, 0.05) is 17.1 Å². The van der Waals surface area contributed by atoms with Crippen molar-refractivity contribution in [3.63, 3.8) is 0 Å². The molecule has 1 atom stereocenters. The number of aromatic nitrogens is 1. The number of nitrogens with one attached hydrogen (secondary N) is 2. The van der Waals surface area contributed by atoms with Gasteiger partial charge in [-0.15, -0.1) is 0 Å². The first kappa shape index (κ1) is 14.1. The Morgan fingerprint density at radius 2 is 2.15 bits per heavy atom. The lowest BCUT2D eigenvalue weighted by atomic mass is 10.1. The molecule has 2 rings (SSSR count). The normalized spacial score (nSPS) is 12.1. The van der Waals surface area contributed by atoms with Crippen LogP contribution in [0.1, 0.15) is 5.56 Å². The molecule has 1 heterocycles. The molecule has 20 heavy (non-hydrogen) atoms. The van der Waals surface area contributed by atoms with E-state index in [2.05, 4.69) is 15.0 Å². The van der Waals surface area contributed by atoms with E-state index >= 15 is 0 Å². The minimum absolute atomic E-state index is 0.170. The minimum atomic E-state index is -0.709. The van der Waals surface area contributed by atoms with Crippen LogP contribution in [0.4, 0.5) is 0 Å². The van der Waals surface area contributed by atoms with Gasteiger partial charge in [-0.25, -0.2) is 0 Å². The predicted molar refractivity (Wildman–Crippen MR) is 75.0 cm³/mol. The van der Waals surface area contributed by atoms with Crippen molar-refractivity contribution in [3.05, 3.63) is 36.0 Å². The molecule has 6 heteroatoms. The van der Waals surface area contributed by atoms with Gasteiger partial charge < -0.3 is 20.8 Å². The van der Waals surface area contributed by atoms with Gasteiger partial charge in [0.2, 0.25) is 5.91 Å². The highest BCUT2D eigenvalue weighted by Gasteiger charge is 2.16. The van der Waals surface area contributed by atoms with Crippen LogP contribution in [-0.2, 0) is 20.7 Å². The van der Waals surface area contributed by atoms with Crippen molar-refractivity contribution in [3.8, 4) is 0 Å². The minimum Gasteiger partial charge on any atom is -0.468 e. The molecule has 0 spiro atoms. The van der Waals surface area contributed by atoms with Crippen LogP contribution in [0.15, 0.2) is 30.5 Å². The molecular weight excluding hydrogens is 258 g/mol. The lowest BCUT2D eigenvalue weighted by Gasteiger charge is -2.11. The highest BCUT2D eigenvalue weighted by Crippen LogP contribution is 2.18. The molecule has 0 saturated carbocycles. The molecule has 2 aromatic rings. The monoisotopic (exact) mass is 275 g/mol. The number of nitrogens with two attached hydrogens (primary N) is 1. The number of amides is 1. The largest absolute Gasteiger partial charge is 0.468 e. The summed E-state index contributed by atoms with van der Waals surface area (Å²) in [5, 5.41) is 3.49. The SMILES string of the molecule is COC(=O)CNC(=O)[C@H](N)Cc1c[nH]c2ccccc12. The van der Waals surface area contributed by atoms with E-state index in [1.165, 1.54) is 7.11 Å². The van der Waals surface area contributed by atoms with E-state index in [4.69, 9.17) is 5.73 Å². The zero-order valence-electron chi connectivity index (χ0n) is 11.2. The van der Waals surface area contributed by atoms with Crippen molar-refractivity contribution >= 4 is 22.8 Å². The smallest absolute Gasteiger partial charge is 0.325 e. The van der Waals surface area contributed by atoms with Crippen LogP contribution in [0, 0.1) is 0 Å². The molecule has 0 aliphatic heterocycles. The molecule has 0 radical (unpaired) electrons. The van der Waals surface area contributed by atoms with E-state index in [9.17, 15) is 9.59 Å². The van der Waals surface area contributed by atoms with Crippen molar-refractivity contribution in [1.82, 2.24) is 10.3 Å². The Labute approximate surface area is 116 Å². The van der Waals surface area contributed by atoms with E-state index in [0.29, 0.717) is 6.42 Å². The van der Waals surface area contributed by atoms with Crippen LogP contribution in [0.3, 0.4) is 0 Å². The van der Waals surface area contributed by atoms with Gasteiger partial charge in [-0.05, 0) is 18.1 Å². The van der Waals surface area contributed by atoms with E-state index in [-0.39, 0.29) is 12.5 Å². The van der Waals surface area contributed by atoms with E-state index in [0.717, 1.165) is 16.5 Å². The highest BCUT2D eigenvalue weighted by molar-refractivity contribution is 5.87. The van der Waals surface area contributed by atoms with Crippen LogP contribution in [0.25, 0.3) is 10.9 Å². The van der Waals surface area contributed by atoms with Gasteiger partial charge in [0.05, 0.1) is 13.2 Å². The number of carbonyl (C=O) groups is 2. The van der Waals surface area contributed by atoms with Gasteiger partial charge in [-0.1, -0.05) is 18.2 Å². The molecule has 0 aliphatic carbocycles. The first-order valence-electron chi connectivity index (χ1n) is 6.27. The van der Waals surface area contributed by atoms with E-state index < -0.39 is 12.0 Å². The average molecular weight is 275 g/mol. The van der Waals surface area contributed by atoms with Crippen LogP contribution in [-0.4, -0.2) is 36.6 Å². The second kappa shape index (κ2) is 6.21. The number of esters is 1. The van der Waals surface area contributed by atoms with E-state index in [1.54, 1.807) is 0 Å². The Kier molecular flexibility index (Phi) is 4.37. The lowest BCUT2D eigenvalue weighted by molar-refractivity contribution is -0.141. The summed E-state index contributed by atoms with van der Waals surface area (Å²) >= 11 is 0. The maximum absolute atomic E-state index is 11.8. The molecular formula is C14H17N3O3. The number of H-pyrrole nitrogens is 1. The van der Waals surface area contributed by atoms with Crippen molar-refractivity contribution < 1.29 is 14.3 Å². The molecule has 0 unspecified atom stereocenters. The summed E-state index contributed by atoms with van der Waals surface area (Å²) in [5.41, 5.74) is 7.83. The highest BCUT2D eigenvalue weighted by atomic mass is 16.5. The third-order valence-corrected chi connectivity index (χ3v) is 3.09. The van der Waals surface area contributed by atoms with Crippen molar-refractivity contribution in [1.29, 1.82) is 0 Å². The van der Waals surface area contributed by atoms with Gasteiger partial charge in [-0.3, -0.25) is 9.59 Å². The third kappa shape index (κ3) is 3.16. The molecule has 0 fully saturated rings. The second-order valence-electron chi connectivity index (χ2n) is 4.46. The molecule has 4 N–H and O–H groups in total. The molecule has 0 saturated heterocycles. The lowest BCUT2D eigenvalue weighted by Crippen LogP contribution is -2.44. The Morgan fingerprint density at radius 3 is 2.90 bits per heavy atom. The topological polar surface area (TPSA) is 97.2 Å². The number of fused-ring (bicyclic) bond motifs is 1. The summed E-state index contributed by atoms with van der Waals surface area (Å²) in [6.07, 6.45) is 2.25. The number of hydrogen-bond acceptors (Lipinski definition) is 4. The summed E-state index contributed by atoms with van der Waals surface area (Å²) in [6.45, 7) is -0.170. The van der Waals surface area contributed by atoms with Gasteiger partial charge in [0.1, 0.15) is 6.54 Å². The quantitative estimate of drug-likeness (QED) is 0.685. The molecule has 1 aromatic carbocycles. The van der Waals surface area contributed by atoms with Crippen LogP contribution in [0.2, 0.25) is 0 Å². The molecule has 0 bridgehead atoms.